The Bertz CT molecular complexity index is 468. The lowest BCUT2D eigenvalue weighted by molar-refractivity contribution is -0.133. The second-order valence-corrected chi connectivity index (χ2v) is 6.50. The van der Waals surface area contributed by atoms with Gasteiger partial charge in [-0.1, -0.05) is 12.1 Å². The molecule has 1 aliphatic rings. The maximum Gasteiger partial charge on any atom is 0.225 e. The molecule has 0 N–H and O–H groups in total. The summed E-state index contributed by atoms with van der Waals surface area (Å²) in [7, 11) is 0. The van der Waals surface area contributed by atoms with E-state index in [9.17, 15) is 4.79 Å². The first-order valence-electron chi connectivity index (χ1n) is 7.67. The number of carbonyl (C=O) groups excluding carboxylic acids is 1. The van der Waals surface area contributed by atoms with Gasteiger partial charge in [-0.3, -0.25) is 4.79 Å². The highest BCUT2D eigenvalue weighted by atomic mass is 35.5. The van der Waals surface area contributed by atoms with E-state index in [1.807, 2.05) is 43.0 Å². The van der Waals surface area contributed by atoms with Gasteiger partial charge in [0.25, 0.3) is 0 Å². The van der Waals surface area contributed by atoms with E-state index in [4.69, 9.17) is 16.3 Å². The summed E-state index contributed by atoms with van der Waals surface area (Å²) < 4.78 is 5.64. The lowest BCUT2D eigenvalue weighted by Crippen LogP contribution is -2.40. The number of alkyl halides is 1. The second kappa shape index (κ2) is 7.69. The fraction of sp³-hybridized carbons (Fsp3) is 0.588. The Balaban J connectivity index is 1.71. The molecule has 1 amide bonds. The Kier molecular flexibility index (Phi) is 5.92. The lowest BCUT2D eigenvalue weighted by Gasteiger charge is -2.33. The Labute approximate surface area is 132 Å². The molecule has 1 atom stereocenters. The lowest BCUT2D eigenvalue weighted by atomic mass is 9.94. The third-order valence-corrected chi connectivity index (χ3v) is 4.47. The van der Waals surface area contributed by atoms with Gasteiger partial charge >= 0.3 is 0 Å². The van der Waals surface area contributed by atoms with Gasteiger partial charge in [0, 0.05) is 18.5 Å². The number of nitrogens with zero attached hydrogens (tertiary/aromatic N) is 1. The summed E-state index contributed by atoms with van der Waals surface area (Å²) in [5, 5.41) is 0.201. The quantitative estimate of drug-likeness (QED) is 0.777. The van der Waals surface area contributed by atoms with Gasteiger partial charge < -0.3 is 9.64 Å². The van der Waals surface area contributed by atoms with Gasteiger partial charge in [0.2, 0.25) is 5.91 Å². The number of rotatable bonds is 5. The zero-order valence-corrected chi connectivity index (χ0v) is 13.6. The van der Waals surface area contributed by atoms with Crippen LogP contribution in [0.2, 0.25) is 0 Å². The average molecular weight is 310 g/mol. The molecule has 1 aromatic rings. The zero-order valence-electron chi connectivity index (χ0n) is 12.8. The summed E-state index contributed by atoms with van der Waals surface area (Å²) in [6, 6.07) is 7.90. The molecule has 116 valence electrons. The summed E-state index contributed by atoms with van der Waals surface area (Å²) in [4.78, 5) is 14.1. The average Bonchev–Trinajstić information content (AvgIpc) is 2.47. The second-order valence-electron chi connectivity index (χ2n) is 5.81. The van der Waals surface area contributed by atoms with Crippen LogP contribution in [0.15, 0.2) is 24.3 Å². The topological polar surface area (TPSA) is 29.5 Å². The summed E-state index contributed by atoms with van der Waals surface area (Å²) in [5.74, 6) is 1.56. The minimum absolute atomic E-state index is 0.184. The Hall–Kier alpha value is -1.22. The fourth-order valence-corrected chi connectivity index (χ4v) is 2.98. The Morgan fingerprint density at radius 3 is 2.76 bits per heavy atom. The SMILES string of the molecule is Cc1cccc(OCCC(=O)N2CCC(C(C)Cl)CC2)c1. The van der Waals surface area contributed by atoms with Crippen molar-refractivity contribution in [2.45, 2.75) is 38.5 Å². The van der Waals surface area contributed by atoms with Crippen LogP contribution in [0.5, 0.6) is 5.75 Å². The molecule has 1 heterocycles. The van der Waals surface area contributed by atoms with Gasteiger partial charge in [-0.2, -0.15) is 0 Å². The number of piperidine rings is 1. The monoisotopic (exact) mass is 309 g/mol. The maximum atomic E-state index is 12.1. The number of ether oxygens (including phenoxy) is 1. The van der Waals surface area contributed by atoms with E-state index in [-0.39, 0.29) is 11.3 Å². The molecule has 1 saturated heterocycles. The molecule has 1 unspecified atom stereocenters. The van der Waals surface area contributed by atoms with Crippen molar-refractivity contribution in [3.8, 4) is 5.75 Å². The molecule has 4 heteroatoms. The smallest absolute Gasteiger partial charge is 0.225 e. The molecule has 2 rings (SSSR count). The van der Waals surface area contributed by atoms with Crippen molar-refractivity contribution in [3.63, 3.8) is 0 Å². The number of hydrogen-bond donors (Lipinski definition) is 0. The summed E-state index contributed by atoms with van der Waals surface area (Å²) in [6.07, 6.45) is 2.46. The molecular formula is C17H24ClNO2. The first-order valence-corrected chi connectivity index (χ1v) is 8.11. The molecule has 0 saturated carbocycles. The van der Waals surface area contributed by atoms with Gasteiger partial charge in [-0.25, -0.2) is 0 Å². The van der Waals surface area contributed by atoms with Gasteiger partial charge in [0.1, 0.15) is 5.75 Å². The molecule has 1 fully saturated rings. The van der Waals surface area contributed by atoms with Crippen molar-refractivity contribution in [3.05, 3.63) is 29.8 Å². The van der Waals surface area contributed by atoms with Crippen LogP contribution in [0.4, 0.5) is 0 Å². The largest absolute Gasteiger partial charge is 0.493 e. The molecule has 3 nitrogen and oxygen atoms in total. The molecule has 0 spiro atoms. The molecule has 1 aliphatic heterocycles. The molecular weight excluding hydrogens is 286 g/mol. The number of halogens is 1. The Morgan fingerprint density at radius 2 is 2.14 bits per heavy atom. The number of amides is 1. The van der Waals surface area contributed by atoms with Crippen molar-refractivity contribution >= 4 is 17.5 Å². The van der Waals surface area contributed by atoms with Crippen molar-refractivity contribution in [1.82, 2.24) is 4.90 Å². The van der Waals surface area contributed by atoms with Gasteiger partial charge in [0.15, 0.2) is 0 Å². The predicted octanol–water partition coefficient (Wildman–Crippen LogP) is 3.63. The third-order valence-electron chi connectivity index (χ3n) is 4.12. The zero-order chi connectivity index (χ0) is 15.2. The number of hydrogen-bond acceptors (Lipinski definition) is 2. The van der Waals surface area contributed by atoms with Crippen LogP contribution in [-0.2, 0) is 4.79 Å². The maximum absolute atomic E-state index is 12.1. The van der Waals surface area contributed by atoms with Crippen LogP contribution >= 0.6 is 11.6 Å². The van der Waals surface area contributed by atoms with Crippen LogP contribution in [-0.4, -0.2) is 35.9 Å². The van der Waals surface area contributed by atoms with Crippen molar-refractivity contribution < 1.29 is 9.53 Å². The molecule has 0 aliphatic carbocycles. The van der Waals surface area contributed by atoms with Crippen LogP contribution in [0, 0.1) is 12.8 Å². The highest BCUT2D eigenvalue weighted by Gasteiger charge is 2.25. The first kappa shape index (κ1) is 16.2. The minimum Gasteiger partial charge on any atom is -0.493 e. The Morgan fingerprint density at radius 1 is 1.43 bits per heavy atom. The van der Waals surface area contributed by atoms with E-state index in [1.165, 1.54) is 0 Å². The number of likely N-dealkylation sites (tertiary alicyclic amines) is 1. The van der Waals surface area contributed by atoms with Crippen molar-refractivity contribution in [2.75, 3.05) is 19.7 Å². The summed E-state index contributed by atoms with van der Waals surface area (Å²) in [6.45, 7) is 6.16. The van der Waals surface area contributed by atoms with Gasteiger partial charge in [-0.05, 0) is 50.3 Å². The molecule has 1 aromatic carbocycles. The van der Waals surface area contributed by atoms with E-state index in [0.29, 0.717) is 18.9 Å². The van der Waals surface area contributed by atoms with Crippen LogP contribution in [0.3, 0.4) is 0 Å². The fourth-order valence-electron chi connectivity index (χ4n) is 2.73. The summed E-state index contributed by atoms with van der Waals surface area (Å²) in [5.41, 5.74) is 1.16. The number of carbonyl (C=O) groups is 1. The molecule has 0 aromatic heterocycles. The van der Waals surface area contributed by atoms with Crippen LogP contribution < -0.4 is 4.74 Å². The van der Waals surface area contributed by atoms with E-state index >= 15 is 0 Å². The van der Waals surface area contributed by atoms with E-state index in [0.717, 1.165) is 37.2 Å². The predicted molar refractivity (Wildman–Crippen MR) is 85.9 cm³/mol. The minimum atomic E-state index is 0.184. The normalized spacial score (nSPS) is 17.6. The summed E-state index contributed by atoms with van der Waals surface area (Å²) >= 11 is 6.12. The van der Waals surface area contributed by atoms with E-state index in [1.54, 1.807) is 0 Å². The first-order chi connectivity index (χ1) is 10.1. The van der Waals surface area contributed by atoms with Gasteiger partial charge in [-0.15, -0.1) is 11.6 Å². The van der Waals surface area contributed by atoms with Crippen molar-refractivity contribution in [1.29, 1.82) is 0 Å². The number of aryl methyl sites for hydroxylation is 1. The number of benzene rings is 1. The highest BCUT2D eigenvalue weighted by Crippen LogP contribution is 2.24. The van der Waals surface area contributed by atoms with Gasteiger partial charge in [0.05, 0.1) is 13.0 Å². The van der Waals surface area contributed by atoms with Crippen LogP contribution in [0.1, 0.15) is 31.7 Å². The van der Waals surface area contributed by atoms with E-state index in [2.05, 4.69) is 0 Å². The molecule has 0 bridgehead atoms. The third kappa shape index (κ3) is 4.92. The highest BCUT2D eigenvalue weighted by molar-refractivity contribution is 6.20. The van der Waals surface area contributed by atoms with E-state index < -0.39 is 0 Å². The molecule has 0 radical (unpaired) electrons. The molecule has 21 heavy (non-hydrogen) atoms. The standard InChI is InChI=1S/C17H24ClNO2/c1-13-4-3-5-16(12-13)21-11-8-17(20)19-9-6-15(7-10-19)14(2)18/h3-5,12,14-15H,6-11H2,1-2H3. The van der Waals surface area contributed by atoms with Crippen molar-refractivity contribution in [2.24, 2.45) is 5.92 Å². The van der Waals surface area contributed by atoms with Crippen LogP contribution in [0.25, 0.3) is 0 Å².